The van der Waals surface area contributed by atoms with Gasteiger partial charge < -0.3 is 5.32 Å². The van der Waals surface area contributed by atoms with Crippen LogP contribution in [0.1, 0.15) is 62.9 Å². The number of carbonyl (C=O) groups excluding carboxylic acids is 1. The zero-order valence-corrected chi connectivity index (χ0v) is 13.8. The fourth-order valence-electron chi connectivity index (χ4n) is 3.91. The van der Waals surface area contributed by atoms with Gasteiger partial charge in [0.15, 0.2) is 0 Å². The van der Waals surface area contributed by atoms with Crippen molar-refractivity contribution in [2.75, 3.05) is 6.54 Å². The number of amides is 1. The van der Waals surface area contributed by atoms with E-state index in [2.05, 4.69) is 34.3 Å². The van der Waals surface area contributed by atoms with Gasteiger partial charge in [0.25, 0.3) is 0 Å². The summed E-state index contributed by atoms with van der Waals surface area (Å²) in [7, 11) is 0. The molecule has 0 saturated heterocycles. The zero-order chi connectivity index (χ0) is 15.5. The average Bonchev–Trinajstić information content (AvgIpc) is 3.16. The van der Waals surface area contributed by atoms with Crippen molar-refractivity contribution in [1.29, 1.82) is 0 Å². The summed E-state index contributed by atoms with van der Waals surface area (Å²) in [6.45, 7) is 6.05. The van der Waals surface area contributed by atoms with Crippen LogP contribution in [0.2, 0.25) is 0 Å². The summed E-state index contributed by atoms with van der Waals surface area (Å²) >= 11 is 0. The van der Waals surface area contributed by atoms with Gasteiger partial charge >= 0.3 is 0 Å². The predicted octanol–water partition coefficient (Wildman–Crippen LogP) is 2.17. The lowest BCUT2D eigenvalue weighted by Crippen LogP contribution is -2.50. The normalized spacial score (nSPS) is 20.8. The molecule has 1 atom stereocenters. The molecule has 122 valence electrons. The summed E-state index contributed by atoms with van der Waals surface area (Å²) in [5.74, 6) is 0.222. The van der Waals surface area contributed by atoms with Crippen LogP contribution in [0.5, 0.6) is 0 Å². The van der Waals surface area contributed by atoms with Crippen LogP contribution in [0.25, 0.3) is 0 Å². The molecule has 1 fully saturated rings. The van der Waals surface area contributed by atoms with Gasteiger partial charge in [0, 0.05) is 36.8 Å². The molecule has 2 N–H and O–H groups in total. The number of aromatic nitrogens is 2. The van der Waals surface area contributed by atoms with E-state index in [9.17, 15) is 4.79 Å². The largest absolute Gasteiger partial charge is 0.352 e. The molecule has 22 heavy (non-hydrogen) atoms. The minimum atomic E-state index is -0.00615. The Morgan fingerprint density at radius 1 is 1.41 bits per heavy atom. The van der Waals surface area contributed by atoms with Crippen LogP contribution in [0.15, 0.2) is 0 Å². The maximum Gasteiger partial charge on any atom is 0.237 e. The van der Waals surface area contributed by atoms with Crippen LogP contribution in [0.3, 0.4) is 0 Å². The van der Waals surface area contributed by atoms with Crippen molar-refractivity contribution in [1.82, 2.24) is 20.4 Å². The molecule has 0 unspecified atom stereocenters. The van der Waals surface area contributed by atoms with Crippen LogP contribution in [0, 0.1) is 0 Å². The highest BCUT2D eigenvalue weighted by Gasteiger charge is 2.31. The van der Waals surface area contributed by atoms with Crippen molar-refractivity contribution in [3.05, 3.63) is 17.0 Å². The van der Waals surface area contributed by atoms with E-state index >= 15 is 0 Å². The fraction of sp³-hybridized carbons (Fsp3) is 0.765. The number of aryl methyl sites for hydroxylation is 1. The maximum absolute atomic E-state index is 12.7. The minimum absolute atomic E-state index is 0.00615. The number of hydrogen-bond acceptors (Lipinski definition) is 3. The number of aromatic amines is 1. The zero-order valence-electron chi connectivity index (χ0n) is 13.8. The molecule has 0 radical (unpaired) electrons. The van der Waals surface area contributed by atoms with Crippen molar-refractivity contribution in [2.45, 2.75) is 77.4 Å². The molecule has 5 heteroatoms. The van der Waals surface area contributed by atoms with Crippen molar-refractivity contribution < 1.29 is 4.79 Å². The molecule has 3 rings (SSSR count). The second kappa shape index (κ2) is 6.82. The third-order valence-corrected chi connectivity index (χ3v) is 5.22. The number of nitrogens with one attached hydrogen (secondary N) is 2. The monoisotopic (exact) mass is 304 g/mol. The third-order valence-electron chi connectivity index (χ3n) is 5.22. The second-order valence-electron chi connectivity index (χ2n) is 6.62. The smallest absolute Gasteiger partial charge is 0.237 e. The topological polar surface area (TPSA) is 61.0 Å². The molecule has 1 saturated carbocycles. The Morgan fingerprint density at radius 2 is 2.18 bits per heavy atom. The van der Waals surface area contributed by atoms with Gasteiger partial charge in [-0.2, -0.15) is 5.10 Å². The molecule has 0 aromatic carbocycles. The third kappa shape index (κ3) is 3.05. The van der Waals surface area contributed by atoms with Crippen molar-refractivity contribution in [2.24, 2.45) is 0 Å². The number of hydrogen-bond donors (Lipinski definition) is 2. The number of fused-ring (bicyclic) bond motifs is 1. The molecule has 0 bridgehead atoms. The molecule has 2 heterocycles. The molecule has 1 aromatic heterocycles. The Morgan fingerprint density at radius 3 is 2.86 bits per heavy atom. The Kier molecular flexibility index (Phi) is 4.81. The quantitative estimate of drug-likeness (QED) is 0.876. The van der Waals surface area contributed by atoms with Gasteiger partial charge in [0.1, 0.15) is 0 Å². The van der Waals surface area contributed by atoms with Crippen molar-refractivity contribution in [3.63, 3.8) is 0 Å². The number of nitrogens with zero attached hydrogens (tertiary/aromatic N) is 2. The highest BCUT2D eigenvalue weighted by molar-refractivity contribution is 5.82. The maximum atomic E-state index is 12.7. The SMILES string of the molecule is CCc1n[nH]c2c1CN([C@H](CC)C(=O)NC1CCCC1)CC2. The highest BCUT2D eigenvalue weighted by Crippen LogP contribution is 2.24. The summed E-state index contributed by atoms with van der Waals surface area (Å²) in [6.07, 6.45) is 7.59. The number of carbonyl (C=O) groups is 1. The van der Waals surface area contributed by atoms with E-state index in [1.165, 1.54) is 24.1 Å². The summed E-state index contributed by atoms with van der Waals surface area (Å²) in [5.41, 5.74) is 3.74. The number of H-pyrrole nitrogens is 1. The predicted molar refractivity (Wildman–Crippen MR) is 86.6 cm³/mol. The first-order valence-corrected chi connectivity index (χ1v) is 8.82. The standard InChI is InChI=1S/C17H28N4O/c1-3-14-13-11-21(10-9-15(13)20-19-14)16(4-2)17(22)18-12-7-5-6-8-12/h12,16H,3-11H2,1-2H3,(H,18,22)(H,19,20)/t16-/m1/s1. The molecule has 1 aromatic rings. The van der Waals surface area contributed by atoms with Gasteiger partial charge in [-0.15, -0.1) is 0 Å². The molecule has 2 aliphatic rings. The van der Waals surface area contributed by atoms with Gasteiger partial charge in [0.05, 0.1) is 11.7 Å². The van der Waals surface area contributed by atoms with E-state index in [0.717, 1.165) is 50.9 Å². The fourth-order valence-corrected chi connectivity index (χ4v) is 3.91. The van der Waals surface area contributed by atoms with Gasteiger partial charge in [-0.1, -0.05) is 26.7 Å². The molecule has 5 nitrogen and oxygen atoms in total. The van der Waals surface area contributed by atoms with Crippen LogP contribution < -0.4 is 5.32 Å². The van der Waals surface area contributed by atoms with Crippen molar-refractivity contribution >= 4 is 5.91 Å². The van der Waals surface area contributed by atoms with Crippen LogP contribution in [-0.2, 0) is 24.2 Å². The van der Waals surface area contributed by atoms with Crippen LogP contribution in [-0.4, -0.2) is 39.6 Å². The van der Waals surface area contributed by atoms with Gasteiger partial charge in [-0.05, 0) is 25.7 Å². The summed E-state index contributed by atoms with van der Waals surface area (Å²) < 4.78 is 0. The summed E-state index contributed by atoms with van der Waals surface area (Å²) in [6, 6.07) is 0.399. The van der Waals surface area contributed by atoms with Gasteiger partial charge in [0.2, 0.25) is 5.91 Å². The van der Waals surface area contributed by atoms with E-state index < -0.39 is 0 Å². The average molecular weight is 304 g/mol. The summed E-state index contributed by atoms with van der Waals surface area (Å²) in [5, 5.41) is 10.8. The highest BCUT2D eigenvalue weighted by atomic mass is 16.2. The van der Waals surface area contributed by atoms with Crippen molar-refractivity contribution in [3.8, 4) is 0 Å². The molecule has 1 aliphatic carbocycles. The Balaban J connectivity index is 1.67. The summed E-state index contributed by atoms with van der Waals surface area (Å²) in [4.78, 5) is 15.0. The lowest BCUT2D eigenvalue weighted by atomic mass is 10.0. The first-order valence-electron chi connectivity index (χ1n) is 8.82. The lowest BCUT2D eigenvalue weighted by Gasteiger charge is -2.33. The first kappa shape index (κ1) is 15.5. The first-order chi connectivity index (χ1) is 10.7. The van der Waals surface area contributed by atoms with Gasteiger partial charge in [-0.25, -0.2) is 0 Å². The Bertz CT molecular complexity index is 505. The molecular weight excluding hydrogens is 276 g/mol. The second-order valence-corrected chi connectivity index (χ2v) is 6.62. The Hall–Kier alpha value is -1.36. The van der Waals surface area contributed by atoms with Crippen LogP contribution >= 0.6 is 0 Å². The molecule has 1 aliphatic heterocycles. The molecule has 1 amide bonds. The van der Waals surface area contributed by atoms with Gasteiger partial charge in [-0.3, -0.25) is 14.8 Å². The van der Waals surface area contributed by atoms with E-state index in [0.29, 0.717) is 6.04 Å². The Labute approximate surface area is 132 Å². The number of rotatable bonds is 5. The lowest BCUT2D eigenvalue weighted by molar-refractivity contribution is -0.127. The molecular formula is C17H28N4O. The van der Waals surface area contributed by atoms with Crippen LogP contribution in [0.4, 0.5) is 0 Å². The molecule has 0 spiro atoms. The van der Waals surface area contributed by atoms with E-state index in [-0.39, 0.29) is 11.9 Å². The van der Waals surface area contributed by atoms with E-state index in [1.807, 2.05) is 0 Å². The van der Waals surface area contributed by atoms with E-state index in [4.69, 9.17) is 0 Å². The minimum Gasteiger partial charge on any atom is -0.352 e. The van der Waals surface area contributed by atoms with E-state index in [1.54, 1.807) is 0 Å².